The van der Waals surface area contributed by atoms with Crippen LogP contribution in [0.1, 0.15) is 28.5 Å². The van der Waals surface area contributed by atoms with Crippen molar-refractivity contribution in [2.45, 2.75) is 26.4 Å². The lowest BCUT2D eigenvalue weighted by molar-refractivity contribution is 0.0477. The smallest absolute Gasteiger partial charge is 0.259 e. The maximum Gasteiger partial charge on any atom is 0.259 e. The predicted octanol–water partition coefficient (Wildman–Crippen LogP) is 2.52. The Morgan fingerprint density at radius 3 is 2.74 bits per heavy atom. The van der Waals surface area contributed by atoms with E-state index in [0.717, 1.165) is 30.9 Å². The van der Waals surface area contributed by atoms with Crippen molar-refractivity contribution < 1.29 is 9.18 Å². The minimum atomic E-state index is -0.222. The van der Waals surface area contributed by atoms with Crippen molar-refractivity contribution in [2.24, 2.45) is 0 Å². The third-order valence-corrected chi connectivity index (χ3v) is 5.03. The highest BCUT2D eigenvalue weighted by Crippen LogP contribution is 2.18. The highest BCUT2D eigenvalue weighted by Gasteiger charge is 2.30. The second-order valence-corrected chi connectivity index (χ2v) is 7.10. The normalized spacial score (nSPS) is 18.2. The zero-order valence-corrected chi connectivity index (χ0v) is 15.5. The third-order valence-electron chi connectivity index (χ3n) is 5.03. The van der Waals surface area contributed by atoms with Gasteiger partial charge in [-0.05, 0) is 37.6 Å². The van der Waals surface area contributed by atoms with Crippen LogP contribution in [0.4, 0.5) is 4.39 Å². The fourth-order valence-corrected chi connectivity index (χ4v) is 3.59. The topological polar surface area (TPSA) is 53.7 Å². The van der Waals surface area contributed by atoms with Gasteiger partial charge in [0.1, 0.15) is 11.4 Å². The van der Waals surface area contributed by atoms with Gasteiger partial charge in [-0.15, -0.1) is 0 Å². The molecule has 0 N–H and O–H groups in total. The van der Waals surface area contributed by atoms with Crippen molar-refractivity contribution in [3.63, 3.8) is 0 Å². The number of amides is 1. The molecule has 1 fully saturated rings. The number of hydrogen-bond acceptors (Lipinski definition) is 4. The Kier molecular flexibility index (Phi) is 4.61. The first-order valence-corrected chi connectivity index (χ1v) is 9.10. The Morgan fingerprint density at radius 2 is 2.00 bits per heavy atom. The zero-order chi connectivity index (χ0) is 19.0. The number of nitrogens with zero attached hydrogens (tertiary/aromatic N) is 5. The molecule has 1 amide bonds. The molecule has 4 rings (SSSR count). The molecule has 6 nitrogen and oxygen atoms in total. The molecule has 3 heterocycles. The van der Waals surface area contributed by atoms with Crippen LogP contribution in [0, 0.1) is 12.7 Å². The Labute approximate surface area is 157 Å². The summed E-state index contributed by atoms with van der Waals surface area (Å²) in [4.78, 5) is 21.7. The SMILES string of the molecule is Cc1ccn2ncc(C(=O)N3CCN(Cc4ccc(F)cc4)C[C@H]3C)c2n1. The fraction of sp³-hybridized carbons (Fsp3) is 0.350. The zero-order valence-electron chi connectivity index (χ0n) is 15.5. The van der Waals surface area contributed by atoms with Crippen molar-refractivity contribution >= 4 is 11.6 Å². The van der Waals surface area contributed by atoms with Crippen LogP contribution in [0.5, 0.6) is 0 Å². The molecule has 0 spiro atoms. The monoisotopic (exact) mass is 367 g/mol. The second-order valence-electron chi connectivity index (χ2n) is 7.10. The number of carbonyl (C=O) groups excluding carboxylic acids is 1. The maximum absolute atomic E-state index is 13.1. The van der Waals surface area contributed by atoms with E-state index in [9.17, 15) is 9.18 Å². The summed E-state index contributed by atoms with van der Waals surface area (Å²) in [6, 6.07) is 8.53. The molecule has 1 saturated heterocycles. The molecule has 0 saturated carbocycles. The van der Waals surface area contributed by atoms with Crippen LogP contribution < -0.4 is 0 Å². The van der Waals surface area contributed by atoms with Crippen molar-refractivity contribution in [3.05, 3.63) is 65.4 Å². The van der Waals surface area contributed by atoms with Gasteiger partial charge < -0.3 is 4.90 Å². The minimum absolute atomic E-state index is 0.0305. The van der Waals surface area contributed by atoms with Gasteiger partial charge in [0, 0.05) is 44.1 Å². The van der Waals surface area contributed by atoms with Gasteiger partial charge in [-0.25, -0.2) is 13.9 Å². The van der Waals surface area contributed by atoms with Gasteiger partial charge in [0.25, 0.3) is 5.91 Å². The van der Waals surface area contributed by atoms with Crippen molar-refractivity contribution in [2.75, 3.05) is 19.6 Å². The first kappa shape index (κ1) is 17.6. The molecule has 1 atom stereocenters. The molecule has 0 unspecified atom stereocenters. The van der Waals surface area contributed by atoms with Gasteiger partial charge in [-0.1, -0.05) is 12.1 Å². The van der Waals surface area contributed by atoms with Gasteiger partial charge in [0.15, 0.2) is 5.65 Å². The van der Waals surface area contributed by atoms with E-state index < -0.39 is 0 Å². The van der Waals surface area contributed by atoms with E-state index in [1.807, 2.05) is 36.2 Å². The van der Waals surface area contributed by atoms with Gasteiger partial charge in [-0.3, -0.25) is 9.69 Å². The number of aromatic nitrogens is 3. The summed E-state index contributed by atoms with van der Waals surface area (Å²) in [7, 11) is 0. The van der Waals surface area contributed by atoms with Gasteiger partial charge >= 0.3 is 0 Å². The molecule has 2 aromatic heterocycles. The molecule has 3 aromatic rings. The van der Waals surface area contributed by atoms with Crippen LogP contribution >= 0.6 is 0 Å². The van der Waals surface area contributed by atoms with E-state index in [0.29, 0.717) is 17.8 Å². The molecule has 7 heteroatoms. The molecule has 27 heavy (non-hydrogen) atoms. The highest BCUT2D eigenvalue weighted by atomic mass is 19.1. The van der Waals surface area contributed by atoms with Crippen molar-refractivity contribution in [1.29, 1.82) is 0 Å². The van der Waals surface area contributed by atoms with E-state index in [1.165, 1.54) is 12.1 Å². The summed E-state index contributed by atoms with van der Waals surface area (Å²) in [5.41, 5.74) is 3.07. The number of rotatable bonds is 3. The molecular weight excluding hydrogens is 345 g/mol. The molecule has 1 aliphatic rings. The van der Waals surface area contributed by atoms with Gasteiger partial charge in [0.05, 0.1) is 6.20 Å². The van der Waals surface area contributed by atoms with Gasteiger partial charge in [0.2, 0.25) is 0 Å². The van der Waals surface area contributed by atoms with Crippen molar-refractivity contribution in [1.82, 2.24) is 24.4 Å². The number of fused-ring (bicyclic) bond motifs is 1. The summed E-state index contributed by atoms with van der Waals surface area (Å²) in [5, 5.41) is 4.24. The number of aryl methyl sites for hydroxylation is 1. The quantitative estimate of drug-likeness (QED) is 0.714. The van der Waals surface area contributed by atoms with Crippen LogP contribution in [-0.4, -0.2) is 56.0 Å². The summed E-state index contributed by atoms with van der Waals surface area (Å²) in [6.45, 7) is 6.90. The summed E-state index contributed by atoms with van der Waals surface area (Å²) in [6.07, 6.45) is 3.42. The summed E-state index contributed by atoms with van der Waals surface area (Å²) in [5.74, 6) is -0.253. The standard InChI is InChI=1S/C20H22FN5O/c1-14-7-8-26-19(23-14)18(11-22-26)20(27)25-10-9-24(12-15(25)2)13-16-3-5-17(21)6-4-16/h3-8,11,15H,9-10,12-13H2,1-2H3/t15-/m1/s1. The first-order valence-electron chi connectivity index (χ1n) is 9.10. The van der Waals surface area contributed by atoms with Crippen LogP contribution in [0.2, 0.25) is 0 Å². The van der Waals surface area contributed by atoms with Gasteiger partial charge in [-0.2, -0.15) is 5.10 Å². The third kappa shape index (κ3) is 3.55. The molecule has 1 aromatic carbocycles. The number of benzene rings is 1. The molecule has 0 aliphatic carbocycles. The van der Waals surface area contributed by atoms with Crippen LogP contribution in [0.15, 0.2) is 42.7 Å². The molecule has 0 bridgehead atoms. The predicted molar refractivity (Wildman–Crippen MR) is 99.9 cm³/mol. The average molecular weight is 367 g/mol. The fourth-order valence-electron chi connectivity index (χ4n) is 3.59. The Bertz CT molecular complexity index is 968. The first-order chi connectivity index (χ1) is 13.0. The number of carbonyl (C=O) groups is 1. The largest absolute Gasteiger partial charge is 0.333 e. The lowest BCUT2D eigenvalue weighted by Crippen LogP contribution is -2.53. The van der Waals surface area contributed by atoms with Crippen LogP contribution in [0.25, 0.3) is 5.65 Å². The number of halogens is 1. The Hall–Kier alpha value is -2.80. The highest BCUT2D eigenvalue weighted by molar-refractivity contribution is 5.99. The lowest BCUT2D eigenvalue weighted by atomic mass is 10.1. The van der Waals surface area contributed by atoms with E-state index in [2.05, 4.69) is 21.9 Å². The molecule has 1 aliphatic heterocycles. The van der Waals surface area contributed by atoms with Crippen LogP contribution in [-0.2, 0) is 6.54 Å². The maximum atomic E-state index is 13.1. The number of piperazine rings is 1. The van der Waals surface area contributed by atoms with E-state index >= 15 is 0 Å². The second kappa shape index (κ2) is 7.08. The van der Waals surface area contributed by atoms with E-state index in [-0.39, 0.29) is 17.8 Å². The Morgan fingerprint density at radius 1 is 1.22 bits per heavy atom. The number of hydrogen-bond donors (Lipinski definition) is 0. The summed E-state index contributed by atoms with van der Waals surface area (Å²) >= 11 is 0. The Balaban J connectivity index is 1.46. The molecule has 0 radical (unpaired) electrons. The average Bonchev–Trinajstić information content (AvgIpc) is 3.06. The molecular formula is C20H22FN5O. The van der Waals surface area contributed by atoms with E-state index in [1.54, 1.807) is 10.7 Å². The molecule has 140 valence electrons. The van der Waals surface area contributed by atoms with Crippen LogP contribution in [0.3, 0.4) is 0 Å². The van der Waals surface area contributed by atoms with E-state index in [4.69, 9.17) is 0 Å². The minimum Gasteiger partial charge on any atom is -0.333 e. The summed E-state index contributed by atoms with van der Waals surface area (Å²) < 4.78 is 14.7. The van der Waals surface area contributed by atoms with Crippen molar-refractivity contribution in [3.8, 4) is 0 Å². The lowest BCUT2D eigenvalue weighted by Gasteiger charge is -2.39.